The van der Waals surface area contributed by atoms with Crippen LogP contribution in [0.15, 0.2) is 72.4 Å². The third-order valence-electron chi connectivity index (χ3n) is 6.24. The Hall–Kier alpha value is -3.93. The molecule has 1 amide bonds. The van der Waals surface area contributed by atoms with Gasteiger partial charge in [0.25, 0.3) is 11.7 Å². The molecule has 1 aromatic heterocycles. The van der Waals surface area contributed by atoms with Crippen molar-refractivity contribution in [2.75, 3.05) is 11.5 Å². The van der Waals surface area contributed by atoms with Crippen LogP contribution in [0.3, 0.4) is 0 Å². The Balaban J connectivity index is 1.90. The van der Waals surface area contributed by atoms with Gasteiger partial charge >= 0.3 is 0 Å². The summed E-state index contributed by atoms with van der Waals surface area (Å²) in [7, 11) is 0. The smallest absolute Gasteiger partial charge is 0.300 e. The van der Waals surface area contributed by atoms with Crippen molar-refractivity contribution in [1.82, 2.24) is 4.98 Å². The van der Waals surface area contributed by atoms with Crippen molar-refractivity contribution in [3.05, 3.63) is 94.8 Å². The first-order chi connectivity index (χ1) is 16.9. The Labute approximate surface area is 205 Å². The van der Waals surface area contributed by atoms with Gasteiger partial charge in [-0.2, -0.15) is 0 Å². The highest BCUT2D eigenvalue weighted by Crippen LogP contribution is 2.42. The van der Waals surface area contributed by atoms with Gasteiger partial charge in [-0.05, 0) is 72.9 Å². The minimum atomic E-state index is -0.849. The third-order valence-corrected chi connectivity index (χ3v) is 6.24. The first-order valence-electron chi connectivity index (χ1n) is 11.9. The summed E-state index contributed by atoms with van der Waals surface area (Å²) < 4.78 is 5.74. The summed E-state index contributed by atoms with van der Waals surface area (Å²) in [5.74, 6) is -0.789. The summed E-state index contributed by atoms with van der Waals surface area (Å²) >= 11 is 0. The van der Waals surface area contributed by atoms with Crippen LogP contribution in [-0.4, -0.2) is 28.4 Å². The Morgan fingerprint density at radius 2 is 1.80 bits per heavy atom. The predicted molar refractivity (Wildman–Crippen MR) is 137 cm³/mol. The van der Waals surface area contributed by atoms with Crippen molar-refractivity contribution in [1.29, 1.82) is 0 Å². The van der Waals surface area contributed by atoms with Crippen molar-refractivity contribution >= 4 is 23.1 Å². The summed E-state index contributed by atoms with van der Waals surface area (Å²) in [6.45, 7) is 8.56. The van der Waals surface area contributed by atoms with Gasteiger partial charge in [0.2, 0.25) is 0 Å². The van der Waals surface area contributed by atoms with E-state index >= 15 is 0 Å². The molecule has 6 heteroatoms. The number of rotatable bonds is 7. The van der Waals surface area contributed by atoms with Gasteiger partial charge in [-0.15, -0.1) is 0 Å². The summed E-state index contributed by atoms with van der Waals surface area (Å²) in [5.41, 5.74) is 3.59. The Morgan fingerprint density at radius 1 is 1.06 bits per heavy atom. The van der Waals surface area contributed by atoms with Crippen molar-refractivity contribution < 1.29 is 19.4 Å². The molecule has 3 aromatic rings. The van der Waals surface area contributed by atoms with Crippen LogP contribution in [0.1, 0.15) is 62.0 Å². The number of aliphatic hydroxyl groups excluding tert-OH is 1. The maximum absolute atomic E-state index is 13.3. The largest absolute Gasteiger partial charge is 0.507 e. The van der Waals surface area contributed by atoms with Crippen molar-refractivity contribution in [2.45, 2.75) is 46.1 Å². The van der Waals surface area contributed by atoms with Crippen molar-refractivity contribution in [2.24, 2.45) is 0 Å². The molecule has 2 heterocycles. The standard InChI is InChI=1S/C29H30N2O4/c1-5-19-10-13-21(14-11-19)31-26(23-9-7-8-16-30-23)25(28(33)29(31)34)27(32)20-12-15-24(35-6-2)22(17-20)18(3)4/h7-18,26,32H,5-6H2,1-4H3/b27-25-. The molecular weight excluding hydrogens is 440 g/mol. The fourth-order valence-electron chi connectivity index (χ4n) is 4.40. The number of carbonyl (C=O) groups is 2. The summed E-state index contributed by atoms with van der Waals surface area (Å²) in [6.07, 6.45) is 2.47. The minimum absolute atomic E-state index is 0.0205. The van der Waals surface area contributed by atoms with Crippen LogP contribution in [0.25, 0.3) is 5.76 Å². The number of ketones is 1. The van der Waals surface area contributed by atoms with E-state index in [0.29, 0.717) is 23.6 Å². The van der Waals surface area contributed by atoms with Crippen LogP contribution in [-0.2, 0) is 16.0 Å². The normalized spacial score (nSPS) is 17.3. The molecule has 2 aromatic carbocycles. The molecule has 0 radical (unpaired) electrons. The average molecular weight is 471 g/mol. The molecular formula is C29H30N2O4. The highest BCUT2D eigenvalue weighted by atomic mass is 16.5. The number of aromatic nitrogens is 1. The van der Waals surface area contributed by atoms with E-state index in [1.165, 1.54) is 4.90 Å². The number of ether oxygens (including phenoxy) is 1. The maximum Gasteiger partial charge on any atom is 0.300 e. The second-order valence-corrected chi connectivity index (χ2v) is 8.78. The predicted octanol–water partition coefficient (Wildman–Crippen LogP) is 5.79. The monoisotopic (exact) mass is 470 g/mol. The van der Waals surface area contributed by atoms with Crippen LogP contribution in [0.4, 0.5) is 5.69 Å². The minimum Gasteiger partial charge on any atom is -0.507 e. The number of amides is 1. The number of carbonyl (C=O) groups excluding carboxylic acids is 2. The zero-order valence-corrected chi connectivity index (χ0v) is 20.5. The van der Waals surface area contributed by atoms with Gasteiger partial charge in [0.15, 0.2) is 0 Å². The fraction of sp³-hybridized carbons (Fsp3) is 0.276. The number of pyridine rings is 1. The molecule has 0 saturated carbocycles. The van der Waals surface area contributed by atoms with E-state index in [0.717, 1.165) is 23.3 Å². The lowest BCUT2D eigenvalue weighted by Crippen LogP contribution is -2.29. The third kappa shape index (κ3) is 4.56. The fourth-order valence-corrected chi connectivity index (χ4v) is 4.40. The number of Topliss-reactive ketones (excluding diaryl/α,β-unsaturated/α-hetero) is 1. The van der Waals surface area contributed by atoms with E-state index in [2.05, 4.69) is 11.9 Å². The first kappa shape index (κ1) is 24.2. The number of aliphatic hydroxyl groups is 1. The molecule has 1 fully saturated rings. The molecule has 180 valence electrons. The molecule has 4 rings (SSSR count). The topological polar surface area (TPSA) is 79.7 Å². The van der Waals surface area contributed by atoms with Crippen LogP contribution in [0, 0.1) is 0 Å². The van der Waals surface area contributed by atoms with E-state index in [9.17, 15) is 14.7 Å². The highest BCUT2D eigenvalue weighted by Gasteiger charge is 2.47. The summed E-state index contributed by atoms with van der Waals surface area (Å²) in [5, 5.41) is 11.4. The number of nitrogens with zero attached hydrogens (tertiary/aromatic N) is 2. The number of benzene rings is 2. The van der Waals surface area contributed by atoms with Gasteiger partial charge in [0.1, 0.15) is 17.6 Å². The number of anilines is 1. The van der Waals surface area contributed by atoms with Crippen LogP contribution >= 0.6 is 0 Å². The average Bonchev–Trinajstić information content (AvgIpc) is 3.14. The summed E-state index contributed by atoms with van der Waals surface area (Å²) in [6, 6.07) is 17.3. The van der Waals surface area contributed by atoms with E-state index in [1.807, 2.05) is 51.1 Å². The van der Waals surface area contributed by atoms with Gasteiger partial charge in [0, 0.05) is 17.4 Å². The number of aryl methyl sites for hydroxylation is 1. The zero-order valence-electron chi connectivity index (χ0n) is 20.5. The summed E-state index contributed by atoms with van der Waals surface area (Å²) in [4.78, 5) is 32.5. The molecule has 0 spiro atoms. The van der Waals surface area contributed by atoms with Crippen molar-refractivity contribution in [3.8, 4) is 5.75 Å². The first-order valence-corrected chi connectivity index (χ1v) is 11.9. The maximum atomic E-state index is 13.3. The lowest BCUT2D eigenvalue weighted by molar-refractivity contribution is -0.132. The number of hydrogen-bond acceptors (Lipinski definition) is 5. The molecule has 1 saturated heterocycles. The number of hydrogen-bond donors (Lipinski definition) is 1. The van der Waals surface area contributed by atoms with E-state index in [1.54, 1.807) is 36.5 Å². The van der Waals surface area contributed by atoms with Crippen molar-refractivity contribution in [3.63, 3.8) is 0 Å². The quantitative estimate of drug-likeness (QED) is 0.268. The van der Waals surface area contributed by atoms with Gasteiger partial charge in [-0.1, -0.05) is 39.0 Å². The van der Waals surface area contributed by atoms with Gasteiger partial charge in [0.05, 0.1) is 17.9 Å². The Kier molecular flexibility index (Phi) is 7.01. The zero-order chi connectivity index (χ0) is 25.1. The molecule has 6 nitrogen and oxygen atoms in total. The molecule has 1 aliphatic rings. The van der Waals surface area contributed by atoms with Gasteiger partial charge in [-0.25, -0.2) is 0 Å². The van der Waals surface area contributed by atoms with Crippen LogP contribution in [0.2, 0.25) is 0 Å². The second-order valence-electron chi connectivity index (χ2n) is 8.78. The van der Waals surface area contributed by atoms with Crippen LogP contribution < -0.4 is 9.64 Å². The Morgan fingerprint density at radius 3 is 2.40 bits per heavy atom. The molecule has 1 atom stereocenters. The van der Waals surface area contributed by atoms with E-state index < -0.39 is 17.7 Å². The lowest BCUT2D eigenvalue weighted by Gasteiger charge is -2.25. The molecule has 0 bridgehead atoms. The highest BCUT2D eigenvalue weighted by molar-refractivity contribution is 6.51. The Bertz CT molecular complexity index is 1260. The van der Waals surface area contributed by atoms with Crippen LogP contribution in [0.5, 0.6) is 5.75 Å². The van der Waals surface area contributed by atoms with E-state index in [-0.39, 0.29) is 17.3 Å². The van der Waals surface area contributed by atoms with Gasteiger partial charge in [-0.3, -0.25) is 19.5 Å². The molecule has 35 heavy (non-hydrogen) atoms. The van der Waals surface area contributed by atoms with Gasteiger partial charge < -0.3 is 9.84 Å². The molecule has 1 N–H and O–H groups in total. The SMILES string of the molecule is CCOc1ccc(/C(O)=C2/C(=O)C(=O)N(c3ccc(CC)cc3)C2c2ccccn2)cc1C(C)C. The molecule has 0 aliphatic carbocycles. The lowest BCUT2D eigenvalue weighted by atomic mass is 9.94. The van der Waals surface area contributed by atoms with E-state index in [4.69, 9.17) is 4.74 Å². The second kappa shape index (κ2) is 10.1. The molecule has 1 aliphatic heterocycles. The molecule has 1 unspecified atom stereocenters.